The van der Waals surface area contributed by atoms with Gasteiger partial charge >= 0.3 is 0 Å². The summed E-state index contributed by atoms with van der Waals surface area (Å²) in [7, 11) is 0. The highest BCUT2D eigenvalue weighted by Crippen LogP contribution is 2.42. The molecule has 0 saturated carbocycles. The fraction of sp³-hybridized carbons (Fsp3) is 0.471. The number of aromatic nitrogens is 2. The van der Waals surface area contributed by atoms with Gasteiger partial charge in [0.2, 0.25) is 0 Å². The minimum absolute atomic E-state index is 0.157. The van der Waals surface area contributed by atoms with Gasteiger partial charge < -0.3 is 9.30 Å². The molecule has 0 N–H and O–H groups in total. The normalized spacial score (nSPS) is 22.1. The molecule has 114 valence electrons. The number of fused-ring (bicyclic) bond motifs is 3. The Morgan fingerprint density at radius 2 is 2.14 bits per heavy atom. The lowest BCUT2D eigenvalue weighted by Gasteiger charge is -2.28. The lowest BCUT2D eigenvalue weighted by atomic mass is 9.86. The second-order valence-electron chi connectivity index (χ2n) is 6.15. The number of nitrogens with zero attached hydrogens (tertiary/aromatic N) is 3. The third kappa shape index (κ3) is 2.16. The zero-order valence-electron chi connectivity index (χ0n) is 12.4. The van der Waals surface area contributed by atoms with Crippen LogP contribution in [0.5, 0.6) is 0 Å². The Balaban J connectivity index is 1.63. The quantitative estimate of drug-likeness (QED) is 0.813. The molecule has 3 heterocycles. The molecule has 0 amide bonds. The van der Waals surface area contributed by atoms with E-state index in [9.17, 15) is 4.91 Å². The van der Waals surface area contributed by atoms with Crippen LogP contribution < -0.4 is 0 Å². The van der Waals surface area contributed by atoms with Crippen molar-refractivity contribution in [2.45, 2.75) is 31.3 Å². The van der Waals surface area contributed by atoms with Crippen LogP contribution in [0.3, 0.4) is 0 Å². The van der Waals surface area contributed by atoms with E-state index in [1.807, 2.05) is 18.6 Å². The molecular formula is C17H19N3O2. The van der Waals surface area contributed by atoms with Crippen LogP contribution in [0.15, 0.2) is 42.0 Å². The van der Waals surface area contributed by atoms with Crippen molar-refractivity contribution >= 4 is 0 Å². The Bertz CT molecular complexity index is 676. The van der Waals surface area contributed by atoms with Crippen LogP contribution in [-0.4, -0.2) is 28.8 Å². The Morgan fingerprint density at radius 1 is 1.32 bits per heavy atom. The number of imidazole rings is 1. The molecule has 0 radical (unpaired) electrons. The van der Waals surface area contributed by atoms with Crippen LogP contribution >= 0.6 is 0 Å². The van der Waals surface area contributed by atoms with Gasteiger partial charge in [0.05, 0.1) is 30.3 Å². The van der Waals surface area contributed by atoms with Gasteiger partial charge in [0.25, 0.3) is 0 Å². The van der Waals surface area contributed by atoms with Crippen molar-refractivity contribution in [2.24, 2.45) is 11.1 Å². The van der Waals surface area contributed by atoms with E-state index in [4.69, 9.17) is 4.74 Å². The number of hydrogen-bond acceptors (Lipinski definition) is 4. The molecule has 22 heavy (non-hydrogen) atoms. The molecule has 1 aromatic heterocycles. The van der Waals surface area contributed by atoms with E-state index in [1.54, 1.807) is 0 Å². The maximum absolute atomic E-state index is 11.4. The minimum Gasteiger partial charge on any atom is -0.381 e. The molecule has 2 aliphatic heterocycles. The van der Waals surface area contributed by atoms with Crippen molar-refractivity contribution in [2.75, 3.05) is 13.2 Å². The molecule has 2 atom stereocenters. The molecule has 1 aromatic carbocycles. The second kappa shape index (κ2) is 5.65. The topological polar surface area (TPSA) is 56.5 Å². The van der Waals surface area contributed by atoms with Gasteiger partial charge in [0, 0.05) is 18.8 Å². The average molecular weight is 297 g/mol. The number of benzene rings is 1. The molecule has 5 nitrogen and oxygen atoms in total. The molecule has 2 aliphatic rings. The third-order valence-corrected chi connectivity index (χ3v) is 5.01. The first-order chi connectivity index (χ1) is 10.9. The molecule has 1 fully saturated rings. The van der Waals surface area contributed by atoms with Gasteiger partial charge in [-0.3, -0.25) is 0 Å². The van der Waals surface area contributed by atoms with E-state index < -0.39 is 0 Å². The molecular weight excluding hydrogens is 278 g/mol. The minimum atomic E-state index is -0.157. The highest BCUT2D eigenvalue weighted by Gasteiger charge is 2.34. The summed E-state index contributed by atoms with van der Waals surface area (Å²) in [5.41, 5.74) is 3.64. The largest absolute Gasteiger partial charge is 0.381 e. The zero-order valence-corrected chi connectivity index (χ0v) is 12.4. The lowest BCUT2D eigenvalue weighted by Crippen LogP contribution is -2.28. The van der Waals surface area contributed by atoms with E-state index in [-0.39, 0.29) is 12.1 Å². The van der Waals surface area contributed by atoms with Crippen LogP contribution in [0.25, 0.3) is 11.3 Å². The van der Waals surface area contributed by atoms with Crippen molar-refractivity contribution in [1.82, 2.24) is 9.55 Å². The maximum Gasteiger partial charge on any atom is 0.0972 e. The number of hydrogen-bond donors (Lipinski definition) is 0. The molecule has 4 rings (SSSR count). The van der Waals surface area contributed by atoms with Gasteiger partial charge in [0.15, 0.2) is 0 Å². The molecule has 0 bridgehead atoms. The summed E-state index contributed by atoms with van der Waals surface area (Å²) < 4.78 is 7.59. The summed E-state index contributed by atoms with van der Waals surface area (Å²) in [5, 5.41) is 3.47. The van der Waals surface area contributed by atoms with E-state index in [2.05, 4.69) is 32.9 Å². The molecule has 0 aliphatic carbocycles. The van der Waals surface area contributed by atoms with Gasteiger partial charge in [0.1, 0.15) is 0 Å². The van der Waals surface area contributed by atoms with E-state index in [0.29, 0.717) is 5.92 Å². The number of rotatable bonds is 4. The predicted molar refractivity (Wildman–Crippen MR) is 83.5 cm³/mol. The first-order valence-corrected chi connectivity index (χ1v) is 7.90. The van der Waals surface area contributed by atoms with E-state index >= 15 is 0 Å². The Labute approximate surface area is 129 Å². The van der Waals surface area contributed by atoms with Crippen molar-refractivity contribution in [3.8, 4) is 11.3 Å². The second-order valence-corrected chi connectivity index (χ2v) is 6.15. The monoisotopic (exact) mass is 297 g/mol. The zero-order chi connectivity index (χ0) is 14.9. The smallest absolute Gasteiger partial charge is 0.0972 e. The van der Waals surface area contributed by atoms with Crippen molar-refractivity contribution in [3.05, 3.63) is 47.3 Å². The summed E-state index contributed by atoms with van der Waals surface area (Å²) in [5.74, 6) is 0.339. The van der Waals surface area contributed by atoms with E-state index in [1.165, 1.54) is 11.1 Å². The fourth-order valence-electron chi connectivity index (χ4n) is 3.82. The van der Waals surface area contributed by atoms with Gasteiger partial charge in [-0.1, -0.05) is 29.4 Å². The lowest BCUT2D eigenvalue weighted by molar-refractivity contribution is 0.0565. The summed E-state index contributed by atoms with van der Waals surface area (Å²) in [6.45, 7) is 1.49. The first kappa shape index (κ1) is 13.6. The molecule has 0 spiro atoms. The van der Waals surface area contributed by atoms with Gasteiger partial charge in [-0.25, -0.2) is 4.98 Å². The number of nitroso groups, excluding NO2 is 1. The van der Waals surface area contributed by atoms with Crippen LogP contribution in [-0.2, 0) is 4.74 Å². The predicted octanol–water partition coefficient (Wildman–Crippen LogP) is 3.40. The maximum atomic E-state index is 11.4. The first-order valence-electron chi connectivity index (χ1n) is 7.90. The van der Waals surface area contributed by atoms with Gasteiger partial charge in [-0.05, 0) is 30.7 Å². The number of ether oxygens (including phenoxy) is 1. The standard InChI is InChI=1S/C17H19N3O2/c21-19-15(12-5-7-22-8-6-12)9-16-13-3-1-2-4-14(13)17-10-18-11-20(16)17/h1-4,10-12,15-16H,5-9H2. The van der Waals surface area contributed by atoms with Crippen LogP contribution in [0.4, 0.5) is 0 Å². The molecule has 5 heteroatoms. The Morgan fingerprint density at radius 3 is 2.95 bits per heavy atom. The Kier molecular flexibility index (Phi) is 3.50. The SMILES string of the molecule is O=NC(CC1c2ccccc2-c2cncn21)C1CCOCC1. The van der Waals surface area contributed by atoms with E-state index in [0.717, 1.165) is 38.2 Å². The highest BCUT2D eigenvalue weighted by atomic mass is 16.5. The van der Waals surface area contributed by atoms with Gasteiger partial charge in [-0.15, -0.1) is 0 Å². The summed E-state index contributed by atoms with van der Waals surface area (Å²) in [6, 6.07) is 8.39. The molecule has 2 aromatic rings. The fourth-order valence-corrected chi connectivity index (χ4v) is 3.82. The van der Waals surface area contributed by atoms with Gasteiger partial charge in [-0.2, -0.15) is 4.91 Å². The van der Waals surface area contributed by atoms with Crippen LogP contribution in [0.1, 0.15) is 30.9 Å². The van der Waals surface area contributed by atoms with Crippen molar-refractivity contribution in [3.63, 3.8) is 0 Å². The summed E-state index contributed by atoms with van der Waals surface area (Å²) >= 11 is 0. The summed E-state index contributed by atoms with van der Waals surface area (Å²) in [4.78, 5) is 15.7. The molecule has 2 unspecified atom stereocenters. The Hall–Kier alpha value is -2.01. The third-order valence-electron chi connectivity index (χ3n) is 5.01. The van der Waals surface area contributed by atoms with Crippen molar-refractivity contribution in [1.29, 1.82) is 0 Å². The van der Waals surface area contributed by atoms with Crippen molar-refractivity contribution < 1.29 is 4.74 Å². The highest BCUT2D eigenvalue weighted by molar-refractivity contribution is 5.68. The van der Waals surface area contributed by atoms with Crippen LogP contribution in [0.2, 0.25) is 0 Å². The summed E-state index contributed by atoms with van der Waals surface area (Å²) in [6.07, 6.45) is 6.38. The average Bonchev–Trinajstić information content (AvgIpc) is 3.15. The van der Waals surface area contributed by atoms with Crippen LogP contribution in [0, 0.1) is 10.8 Å². The molecule has 1 saturated heterocycles.